The van der Waals surface area contributed by atoms with Crippen molar-refractivity contribution < 1.29 is 18.8 Å². The molecule has 0 atom stereocenters. The summed E-state index contributed by atoms with van der Waals surface area (Å²) in [7, 11) is 4.03. The number of rotatable bonds is 7. The number of anilines is 1. The number of carbonyl (C=O) groups excluding carboxylic acids is 1. The zero-order valence-corrected chi connectivity index (χ0v) is 16.5. The highest BCUT2D eigenvalue weighted by Crippen LogP contribution is 2.16. The van der Waals surface area contributed by atoms with Crippen molar-refractivity contribution in [1.82, 2.24) is 0 Å². The first-order valence-corrected chi connectivity index (χ1v) is 9.19. The van der Waals surface area contributed by atoms with E-state index in [9.17, 15) is 4.79 Å². The molecule has 144 valence electrons. The number of ether oxygens (including phenoxy) is 2. The third-order valence-electron chi connectivity index (χ3n) is 4.33. The zero-order chi connectivity index (χ0) is 19.9. The van der Waals surface area contributed by atoms with E-state index in [1.165, 1.54) is 0 Å². The molecule has 0 saturated carbocycles. The number of hydrogen-bond acceptors (Lipinski definition) is 4. The van der Waals surface area contributed by atoms with Crippen LogP contribution in [-0.4, -0.2) is 26.7 Å². The highest BCUT2D eigenvalue weighted by molar-refractivity contribution is 5.91. The molecular weight excluding hydrogens is 352 g/mol. The van der Waals surface area contributed by atoms with Gasteiger partial charge in [-0.05, 0) is 43.3 Å². The lowest BCUT2D eigenvalue weighted by molar-refractivity contribution is -0.697. The monoisotopic (exact) mass is 377 g/mol. The summed E-state index contributed by atoms with van der Waals surface area (Å²) < 4.78 is 13.2. The average molecular weight is 377 g/mol. The van der Waals surface area contributed by atoms with Gasteiger partial charge in [-0.1, -0.05) is 17.7 Å². The van der Waals surface area contributed by atoms with Crippen LogP contribution in [0.4, 0.5) is 5.69 Å². The van der Waals surface area contributed by atoms with E-state index < -0.39 is 0 Å². The lowest BCUT2D eigenvalue weighted by atomic mass is 10.2. The van der Waals surface area contributed by atoms with E-state index in [1.807, 2.05) is 45.5 Å². The normalized spacial score (nSPS) is 10.4. The zero-order valence-electron chi connectivity index (χ0n) is 16.5. The fourth-order valence-corrected chi connectivity index (χ4v) is 2.63. The van der Waals surface area contributed by atoms with E-state index in [0.29, 0.717) is 17.9 Å². The summed E-state index contributed by atoms with van der Waals surface area (Å²) in [5.41, 5.74) is 2.76. The molecular formula is C23H25N2O3+. The average Bonchev–Trinajstić information content (AvgIpc) is 2.70. The molecule has 0 saturated heterocycles. The molecule has 0 aliphatic carbocycles. The van der Waals surface area contributed by atoms with Crippen LogP contribution in [0, 0.1) is 6.92 Å². The minimum absolute atomic E-state index is 0.382. The molecule has 0 aliphatic rings. The van der Waals surface area contributed by atoms with Crippen LogP contribution in [0.2, 0.25) is 0 Å². The topological polar surface area (TPSA) is 42.7 Å². The van der Waals surface area contributed by atoms with Gasteiger partial charge in [0, 0.05) is 31.9 Å². The van der Waals surface area contributed by atoms with E-state index in [1.54, 1.807) is 36.4 Å². The predicted octanol–water partition coefficient (Wildman–Crippen LogP) is 3.65. The molecule has 1 aromatic heterocycles. The molecule has 2 aromatic carbocycles. The van der Waals surface area contributed by atoms with Crippen molar-refractivity contribution in [3.05, 3.63) is 84.2 Å². The fourth-order valence-electron chi connectivity index (χ4n) is 2.63. The van der Waals surface area contributed by atoms with Crippen molar-refractivity contribution in [3.63, 3.8) is 0 Å². The van der Waals surface area contributed by atoms with Crippen molar-refractivity contribution in [2.75, 3.05) is 25.6 Å². The summed E-state index contributed by atoms with van der Waals surface area (Å²) in [5.74, 6) is 0.873. The van der Waals surface area contributed by atoms with Crippen LogP contribution >= 0.6 is 0 Å². The molecule has 0 radical (unpaired) electrons. The number of benzene rings is 2. The minimum atomic E-state index is -0.382. The third kappa shape index (κ3) is 5.33. The second-order valence-electron chi connectivity index (χ2n) is 6.76. The number of aryl methyl sites for hydroxylation is 1. The SMILES string of the molecule is Cc1ccc(OC(=O)c2ccc(OCC[n+]3ccc(N(C)C)cc3)cc2)cc1. The number of nitrogens with zero attached hydrogens (tertiary/aromatic N) is 2. The maximum absolute atomic E-state index is 12.2. The molecule has 0 amide bonds. The van der Waals surface area contributed by atoms with Crippen LogP contribution in [0.25, 0.3) is 0 Å². The van der Waals surface area contributed by atoms with Gasteiger partial charge in [-0.15, -0.1) is 0 Å². The molecule has 0 spiro atoms. The van der Waals surface area contributed by atoms with Crippen LogP contribution in [0.3, 0.4) is 0 Å². The van der Waals surface area contributed by atoms with Gasteiger partial charge in [0.25, 0.3) is 0 Å². The Morgan fingerprint density at radius 3 is 2.11 bits per heavy atom. The van der Waals surface area contributed by atoms with Gasteiger partial charge in [0.05, 0.1) is 5.56 Å². The number of aromatic nitrogens is 1. The third-order valence-corrected chi connectivity index (χ3v) is 4.33. The predicted molar refractivity (Wildman–Crippen MR) is 109 cm³/mol. The Hall–Kier alpha value is -3.34. The first-order valence-electron chi connectivity index (χ1n) is 9.19. The van der Waals surface area contributed by atoms with Crippen LogP contribution in [0.15, 0.2) is 73.1 Å². The Kier molecular flexibility index (Phi) is 6.27. The van der Waals surface area contributed by atoms with Gasteiger partial charge in [-0.25, -0.2) is 9.36 Å². The summed E-state index contributed by atoms with van der Waals surface area (Å²) >= 11 is 0. The maximum Gasteiger partial charge on any atom is 0.343 e. The van der Waals surface area contributed by atoms with E-state index >= 15 is 0 Å². The van der Waals surface area contributed by atoms with Crippen LogP contribution in [0.5, 0.6) is 11.5 Å². The van der Waals surface area contributed by atoms with Crippen LogP contribution < -0.4 is 18.9 Å². The van der Waals surface area contributed by atoms with Crippen molar-refractivity contribution in [2.45, 2.75) is 13.5 Å². The lowest BCUT2D eigenvalue weighted by Gasteiger charge is -2.10. The molecule has 3 rings (SSSR count). The summed E-state index contributed by atoms with van der Waals surface area (Å²) in [6.45, 7) is 3.27. The Bertz CT molecular complexity index is 902. The lowest BCUT2D eigenvalue weighted by Crippen LogP contribution is -2.35. The Labute approximate surface area is 165 Å². The van der Waals surface area contributed by atoms with E-state index in [4.69, 9.17) is 9.47 Å². The molecule has 1 heterocycles. The van der Waals surface area contributed by atoms with Crippen molar-refractivity contribution in [3.8, 4) is 11.5 Å². The van der Waals surface area contributed by atoms with Crippen molar-refractivity contribution in [1.29, 1.82) is 0 Å². The standard InChI is InChI=1S/C23H25N2O3/c1-18-4-8-22(9-5-18)28-23(26)19-6-10-21(11-7-19)27-17-16-25-14-12-20(13-15-25)24(2)3/h4-15H,16-17H2,1-3H3/q+1. The number of pyridine rings is 1. The summed E-state index contributed by atoms with van der Waals surface area (Å²) in [6.07, 6.45) is 4.06. The smallest absolute Gasteiger partial charge is 0.343 e. The highest BCUT2D eigenvalue weighted by Gasteiger charge is 2.09. The van der Waals surface area contributed by atoms with Gasteiger partial charge in [-0.3, -0.25) is 0 Å². The number of hydrogen-bond donors (Lipinski definition) is 0. The molecule has 0 bridgehead atoms. The summed E-state index contributed by atoms with van der Waals surface area (Å²) in [6, 6.07) is 18.5. The second-order valence-corrected chi connectivity index (χ2v) is 6.76. The summed E-state index contributed by atoms with van der Waals surface area (Å²) in [4.78, 5) is 14.3. The second kappa shape index (κ2) is 9.04. The molecule has 0 aliphatic heterocycles. The van der Waals surface area contributed by atoms with E-state index in [2.05, 4.69) is 21.6 Å². The van der Waals surface area contributed by atoms with Gasteiger partial charge in [-0.2, -0.15) is 0 Å². The maximum atomic E-state index is 12.2. The first kappa shape index (κ1) is 19.4. The Morgan fingerprint density at radius 1 is 0.893 bits per heavy atom. The molecule has 28 heavy (non-hydrogen) atoms. The van der Waals surface area contributed by atoms with Gasteiger partial charge >= 0.3 is 5.97 Å². The van der Waals surface area contributed by atoms with E-state index in [0.717, 1.165) is 23.5 Å². The van der Waals surface area contributed by atoms with Gasteiger partial charge in [0.2, 0.25) is 0 Å². The molecule has 5 nitrogen and oxygen atoms in total. The van der Waals surface area contributed by atoms with E-state index in [-0.39, 0.29) is 5.97 Å². The molecule has 5 heteroatoms. The van der Waals surface area contributed by atoms with Gasteiger partial charge in [0.15, 0.2) is 18.9 Å². The Balaban J connectivity index is 1.49. The van der Waals surface area contributed by atoms with Crippen LogP contribution in [-0.2, 0) is 6.54 Å². The molecule has 0 unspecified atom stereocenters. The van der Waals surface area contributed by atoms with Gasteiger partial charge in [0.1, 0.15) is 18.1 Å². The largest absolute Gasteiger partial charge is 0.487 e. The van der Waals surface area contributed by atoms with Crippen LogP contribution in [0.1, 0.15) is 15.9 Å². The quantitative estimate of drug-likeness (QED) is 0.358. The number of carbonyl (C=O) groups is 1. The first-order chi connectivity index (χ1) is 13.5. The fraction of sp³-hybridized carbons (Fsp3) is 0.217. The van der Waals surface area contributed by atoms with Crippen molar-refractivity contribution in [2.24, 2.45) is 0 Å². The molecule has 0 N–H and O–H groups in total. The molecule has 0 fully saturated rings. The summed E-state index contributed by atoms with van der Waals surface area (Å²) in [5, 5.41) is 0. The Morgan fingerprint density at radius 2 is 1.50 bits per heavy atom. The number of esters is 1. The minimum Gasteiger partial charge on any atom is -0.487 e. The highest BCUT2D eigenvalue weighted by atomic mass is 16.5. The molecule has 3 aromatic rings. The van der Waals surface area contributed by atoms with Crippen molar-refractivity contribution >= 4 is 11.7 Å². The van der Waals surface area contributed by atoms with Gasteiger partial charge < -0.3 is 14.4 Å².